The minimum absolute atomic E-state index is 0.0664. The van der Waals surface area contributed by atoms with Gasteiger partial charge in [-0.1, -0.05) is 61.7 Å². The van der Waals surface area contributed by atoms with Gasteiger partial charge in [-0.3, -0.25) is 4.79 Å². The zero-order valence-electron chi connectivity index (χ0n) is 23.2. The third-order valence-corrected chi connectivity index (χ3v) is 6.58. The van der Waals surface area contributed by atoms with Gasteiger partial charge < -0.3 is 10.2 Å². The molecule has 1 amide bonds. The van der Waals surface area contributed by atoms with Crippen LogP contribution in [0.5, 0.6) is 0 Å². The molecule has 0 unspecified atom stereocenters. The van der Waals surface area contributed by atoms with Crippen LogP contribution >= 0.6 is 23.2 Å². The quantitative estimate of drug-likeness (QED) is 0.245. The van der Waals surface area contributed by atoms with Crippen molar-refractivity contribution in [3.05, 3.63) is 94.0 Å². The van der Waals surface area contributed by atoms with Crippen LogP contribution < -0.4 is 10.2 Å². The van der Waals surface area contributed by atoms with Crippen molar-refractivity contribution in [2.75, 3.05) is 18.5 Å². The molecule has 0 saturated heterocycles. The van der Waals surface area contributed by atoms with E-state index in [9.17, 15) is 4.79 Å². The first kappa shape index (κ1) is 30.6. The molecule has 208 valence electrons. The van der Waals surface area contributed by atoms with E-state index in [4.69, 9.17) is 37.9 Å². The number of nitrogens with zero attached hydrogens (tertiary/aromatic N) is 3. The van der Waals surface area contributed by atoms with Crippen molar-refractivity contribution in [1.82, 2.24) is 15.1 Å². The summed E-state index contributed by atoms with van der Waals surface area (Å²) in [6, 6.07) is 23.2. The summed E-state index contributed by atoms with van der Waals surface area (Å²) < 4.78 is 1.90. The minimum atomic E-state index is -0.0664. The number of aromatic nitrogens is 2. The topological polar surface area (TPSA) is 84.3 Å². The van der Waals surface area contributed by atoms with Gasteiger partial charge in [0.1, 0.15) is 5.82 Å². The Morgan fingerprint density at radius 2 is 1.52 bits per heavy atom. The number of halogens is 2. The Hall–Kier alpha value is -3.90. The van der Waals surface area contributed by atoms with E-state index >= 15 is 0 Å². The van der Waals surface area contributed by atoms with E-state index in [1.807, 2.05) is 71.2 Å². The summed E-state index contributed by atoms with van der Waals surface area (Å²) in [5.41, 5.74) is 5.42. The molecule has 40 heavy (non-hydrogen) atoms. The molecule has 1 aromatic heterocycles. The van der Waals surface area contributed by atoms with Crippen LogP contribution in [0.3, 0.4) is 0 Å². The first-order valence-electron chi connectivity index (χ1n) is 12.7. The van der Waals surface area contributed by atoms with E-state index in [1.54, 1.807) is 6.07 Å². The molecule has 4 aromatic rings. The molecule has 0 aliphatic rings. The predicted molar refractivity (Wildman–Crippen MR) is 160 cm³/mol. The summed E-state index contributed by atoms with van der Waals surface area (Å²) in [7, 11) is 1.98. The van der Waals surface area contributed by atoms with Gasteiger partial charge in [0.05, 0.1) is 11.4 Å². The number of carbonyl (C=O) groups is 1. The Morgan fingerprint density at radius 3 is 2.08 bits per heavy atom. The van der Waals surface area contributed by atoms with E-state index in [0.717, 1.165) is 34.9 Å². The maximum absolute atomic E-state index is 12.6. The average Bonchev–Trinajstić information content (AvgIpc) is 3.33. The largest absolute Gasteiger partial charge is 0.373 e. The molecule has 0 aliphatic heterocycles. The molecule has 0 fully saturated rings. The zero-order valence-corrected chi connectivity index (χ0v) is 24.7. The van der Waals surface area contributed by atoms with E-state index in [2.05, 4.69) is 45.1 Å². The van der Waals surface area contributed by atoms with Crippen molar-refractivity contribution < 1.29 is 14.4 Å². The predicted octanol–water partition coefficient (Wildman–Crippen LogP) is 7.50. The van der Waals surface area contributed by atoms with Crippen molar-refractivity contribution in [2.45, 2.75) is 34.1 Å². The number of hydrogen-bond donors (Lipinski definition) is 1. The number of benzene rings is 3. The Balaban J connectivity index is 0.00000141. The standard InChI is InChI=1S/C30H32Cl2N4O.CO2/c1-20-6-10-26(11-7-20)36-28(19-27(34-36)22-16-23(31)18-24(32)17-22)35(5)25-12-8-21(9-13-25)29(37)33-15-14-30(2,3)4;2-1-3/h6-13,16-19H,14-15H2,1-5H3,(H,33,37);. The summed E-state index contributed by atoms with van der Waals surface area (Å²) >= 11 is 12.5. The van der Waals surface area contributed by atoms with Crippen molar-refractivity contribution in [3.8, 4) is 16.9 Å². The van der Waals surface area contributed by atoms with Gasteiger partial charge in [-0.25, -0.2) is 4.68 Å². The van der Waals surface area contributed by atoms with Gasteiger partial charge in [-0.05, 0) is 73.4 Å². The second kappa shape index (κ2) is 13.4. The number of anilines is 2. The summed E-state index contributed by atoms with van der Waals surface area (Å²) in [5, 5.41) is 9.02. The van der Waals surface area contributed by atoms with Gasteiger partial charge in [0.15, 0.2) is 0 Å². The Morgan fingerprint density at radius 1 is 0.950 bits per heavy atom. The van der Waals surface area contributed by atoms with Gasteiger partial charge in [0.25, 0.3) is 5.91 Å². The molecule has 4 rings (SSSR count). The summed E-state index contributed by atoms with van der Waals surface area (Å²) in [6.45, 7) is 9.20. The molecule has 3 aromatic carbocycles. The Kier molecular flexibility index (Phi) is 10.3. The van der Waals surface area contributed by atoms with Crippen LogP contribution in [0, 0.1) is 12.3 Å². The van der Waals surface area contributed by atoms with Crippen LogP contribution in [0.4, 0.5) is 11.5 Å². The highest BCUT2D eigenvalue weighted by Crippen LogP contribution is 2.33. The van der Waals surface area contributed by atoms with Crippen molar-refractivity contribution in [3.63, 3.8) is 0 Å². The summed E-state index contributed by atoms with van der Waals surface area (Å²) in [6.07, 6.45) is 1.17. The number of amides is 1. The van der Waals surface area contributed by atoms with Crippen LogP contribution in [-0.4, -0.2) is 35.4 Å². The van der Waals surface area contributed by atoms with Gasteiger partial charge in [0, 0.05) is 46.5 Å². The fourth-order valence-corrected chi connectivity index (χ4v) is 4.48. The second-order valence-corrected chi connectivity index (χ2v) is 11.4. The van der Waals surface area contributed by atoms with Crippen molar-refractivity contribution in [2.24, 2.45) is 5.41 Å². The lowest BCUT2D eigenvalue weighted by atomic mass is 9.92. The van der Waals surface area contributed by atoms with Crippen molar-refractivity contribution in [1.29, 1.82) is 0 Å². The Bertz CT molecular complexity index is 1460. The molecular formula is C31H32Cl2N4O3. The first-order valence-corrected chi connectivity index (χ1v) is 13.4. The third-order valence-electron chi connectivity index (χ3n) is 6.15. The lowest BCUT2D eigenvalue weighted by Crippen LogP contribution is -2.27. The van der Waals surface area contributed by atoms with E-state index in [1.165, 1.54) is 5.56 Å². The molecule has 7 nitrogen and oxygen atoms in total. The number of hydrogen-bond acceptors (Lipinski definition) is 5. The van der Waals surface area contributed by atoms with Gasteiger partial charge in [0.2, 0.25) is 0 Å². The maximum Gasteiger partial charge on any atom is 0.373 e. The smallest absolute Gasteiger partial charge is 0.352 e. The highest BCUT2D eigenvalue weighted by Gasteiger charge is 2.18. The maximum atomic E-state index is 12.6. The highest BCUT2D eigenvalue weighted by molar-refractivity contribution is 6.35. The van der Waals surface area contributed by atoms with E-state index in [-0.39, 0.29) is 17.5 Å². The first-order chi connectivity index (χ1) is 18.9. The van der Waals surface area contributed by atoms with Crippen LogP contribution in [0.25, 0.3) is 16.9 Å². The number of rotatable bonds is 7. The zero-order chi connectivity index (χ0) is 29.4. The monoisotopic (exact) mass is 578 g/mol. The van der Waals surface area contributed by atoms with Gasteiger partial charge in [-0.15, -0.1) is 0 Å². The summed E-state index contributed by atoms with van der Waals surface area (Å²) in [5.74, 6) is 0.792. The lowest BCUT2D eigenvalue weighted by molar-refractivity contribution is -0.191. The number of aryl methyl sites for hydroxylation is 1. The van der Waals surface area contributed by atoms with Crippen LogP contribution in [0.15, 0.2) is 72.8 Å². The molecule has 0 saturated carbocycles. The van der Waals surface area contributed by atoms with E-state index < -0.39 is 0 Å². The molecule has 0 aliphatic carbocycles. The molecule has 9 heteroatoms. The molecule has 0 atom stereocenters. The Labute approximate surface area is 244 Å². The second-order valence-electron chi connectivity index (χ2n) is 10.5. The molecule has 0 radical (unpaired) electrons. The fourth-order valence-electron chi connectivity index (χ4n) is 3.95. The molecular weight excluding hydrogens is 547 g/mol. The number of nitrogens with one attached hydrogen (secondary N) is 1. The SMILES string of the molecule is Cc1ccc(-n2nc(-c3cc(Cl)cc(Cl)c3)cc2N(C)c2ccc(C(=O)NCCC(C)(C)C)cc2)cc1.O=C=O. The normalized spacial score (nSPS) is 10.8. The molecule has 0 spiro atoms. The third kappa shape index (κ3) is 8.30. The molecule has 0 bridgehead atoms. The molecule has 1 N–H and O–H groups in total. The fraction of sp³-hybridized carbons (Fsp3) is 0.258. The minimum Gasteiger partial charge on any atom is -0.352 e. The average molecular weight is 580 g/mol. The van der Waals surface area contributed by atoms with Gasteiger partial charge >= 0.3 is 6.15 Å². The summed E-state index contributed by atoms with van der Waals surface area (Å²) in [4.78, 5) is 30.9. The van der Waals surface area contributed by atoms with Crippen molar-refractivity contribution >= 4 is 46.8 Å². The lowest BCUT2D eigenvalue weighted by Gasteiger charge is -2.21. The van der Waals surface area contributed by atoms with Crippen LogP contribution in [-0.2, 0) is 9.59 Å². The number of carbonyl (C=O) groups excluding carboxylic acids is 3. The van der Waals surface area contributed by atoms with Crippen LogP contribution in [0.1, 0.15) is 43.1 Å². The molecule has 1 heterocycles. The highest BCUT2D eigenvalue weighted by atomic mass is 35.5. The van der Waals surface area contributed by atoms with E-state index in [0.29, 0.717) is 22.2 Å². The van der Waals surface area contributed by atoms with Gasteiger partial charge in [-0.2, -0.15) is 14.7 Å². The van der Waals surface area contributed by atoms with Crippen LogP contribution in [0.2, 0.25) is 10.0 Å².